The smallest absolute Gasteiger partial charge is 0.274 e. The van der Waals surface area contributed by atoms with Crippen LogP contribution in [-0.2, 0) is 6.54 Å². The Labute approximate surface area is 136 Å². The van der Waals surface area contributed by atoms with E-state index in [1.54, 1.807) is 7.11 Å². The van der Waals surface area contributed by atoms with Gasteiger partial charge in [0.15, 0.2) is 0 Å². The van der Waals surface area contributed by atoms with Crippen LogP contribution in [0, 0.1) is 0 Å². The number of hydrogen-bond donors (Lipinski definition) is 0. The summed E-state index contributed by atoms with van der Waals surface area (Å²) in [7, 11) is 1.69. The van der Waals surface area contributed by atoms with Crippen molar-refractivity contribution in [3.63, 3.8) is 0 Å². The summed E-state index contributed by atoms with van der Waals surface area (Å²) < 4.78 is 10.4. The number of para-hydroxylation sites is 1. The number of methoxy groups -OCH3 is 1. The van der Waals surface area contributed by atoms with Gasteiger partial charge in [-0.05, 0) is 30.7 Å². The zero-order valence-electron chi connectivity index (χ0n) is 12.1. The standard InChI is InChI=1S/C17H15BrN2O2/c1-22-16-5-3-2-4-12(16)14-8-9-19-17(21)13-7-6-11(18)10-15(13)20(14)19/h2-7,10,14H,8-9H2,1H3. The van der Waals surface area contributed by atoms with Gasteiger partial charge < -0.3 is 4.74 Å². The number of rotatable bonds is 2. The Morgan fingerprint density at radius 2 is 2.05 bits per heavy atom. The molecular formula is C17H15BrN2O2. The SMILES string of the molecule is COc1ccccc1C1CCn2c(=O)c3ccc(Br)cc3n21. The Morgan fingerprint density at radius 3 is 2.86 bits per heavy atom. The summed E-state index contributed by atoms with van der Waals surface area (Å²) in [4.78, 5) is 12.6. The van der Waals surface area contributed by atoms with Crippen molar-refractivity contribution >= 4 is 26.8 Å². The molecule has 1 atom stereocenters. The van der Waals surface area contributed by atoms with Gasteiger partial charge in [0.25, 0.3) is 5.56 Å². The molecule has 22 heavy (non-hydrogen) atoms. The Bertz CT molecular complexity index is 926. The van der Waals surface area contributed by atoms with Gasteiger partial charge in [-0.15, -0.1) is 0 Å². The molecule has 2 heterocycles. The molecule has 2 aromatic carbocycles. The van der Waals surface area contributed by atoms with Gasteiger partial charge in [0.1, 0.15) is 5.75 Å². The second-order valence-electron chi connectivity index (χ2n) is 5.48. The molecule has 1 aliphatic rings. The molecule has 0 radical (unpaired) electrons. The second kappa shape index (κ2) is 5.02. The zero-order valence-corrected chi connectivity index (χ0v) is 13.7. The molecule has 1 unspecified atom stereocenters. The highest BCUT2D eigenvalue weighted by atomic mass is 79.9. The minimum absolute atomic E-state index is 0.0832. The van der Waals surface area contributed by atoms with Crippen molar-refractivity contribution in [1.29, 1.82) is 0 Å². The lowest BCUT2D eigenvalue weighted by Gasteiger charge is -2.17. The van der Waals surface area contributed by atoms with Crippen molar-refractivity contribution in [2.45, 2.75) is 19.0 Å². The summed E-state index contributed by atoms with van der Waals surface area (Å²) in [5.74, 6) is 0.866. The van der Waals surface area contributed by atoms with E-state index in [1.807, 2.05) is 41.1 Å². The van der Waals surface area contributed by atoms with Gasteiger partial charge >= 0.3 is 0 Å². The number of fused-ring (bicyclic) bond motifs is 3. The van der Waals surface area contributed by atoms with Gasteiger partial charge in [-0.1, -0.05) is 34.1 Å². The normalized spacial score (nSPS) is 16.9. The van der Waals surface area contributed by atoms with Crippen LogP contribution in [-0.4, -0.2) is 16.5 Å². The molecule has 0 amide bonds. The number of hydrogen-bond acceptors (Lipinski definition) is 2. The Morgan fingerprint density at radius 1 is 1.23 bits per heavy atom. The fourth-order valence-electron chi connectivity index (χ4n) is 3.38. The van der Waals surface area contributed by atoms with Gasteiger partial charge in [-0.25, -0.2) is 4.68 Å². The van der Waals surface area contributed by atoms with Crippen LogP contribution in [0.2, 0.25) is 0 Å². The van der Waals surface area contributed by atoms with E-state index in [1.165, 1.54) is 0 Å². The van der Waals surface area contributed by atoms with E-state index >= 15 is 0 Å². The predicted octanol–water partition coefficient (Wildman–Crippen LogP) is 3.57. The van der Waals surface area contributed by atoms with E-state index in [9.17, 15) is 4.79 Å². The van der Waals surface area contributed by atoms with Crippen molar-refractivity contribution in [3.05, 3.63) is 62.9 Å². The lowest BCUT2D eigenvalue weighted by molar-refractivity contribution is 0.401. The van der Waals surface area contributed by atoms with Crippen molar-refractivity contribution in [3.8, 4) is 5.75 Å². The van der Waals surface area contributed by atoms with Crippen LogP contribution in [0.25, 0.3) is 10.9 Å². The average Bonchev–Trinajstić information content (AvgIpc) is 3.08. The van der Waals surface area contributed by atoms with Gasteiger partial charge in [-0.2, -0.15) is 0 Å². The van der Waals surface area contributed by atoms with E-state index in [-0.39, 0.29) is 11.6 Å². The summed E-state index contributed by atoms with van der Waals surface area (Å²) in [6, 6.07) is 14.0. The largest absolute Gasteiger partial charge is 0.496 e. The summed E-state index contributed by atoms with van der Waals surface area (Å²) in [5, 5.41) is 0.766. The molecule has 0 spiro atoms. The molecule has 0 N–H and O–H groups in total. The third-order valence-corrected chi connectivity index (χ3v) is 4.83. The number of nitrogens with zero attached hydrogens (tertiary/aromatic N) is 2. The van der Waals surface area contributed by atoms with Crippen molar-refractivity contribution in [2.24, 2.45) is 0 Å². The first-order valence-electron chi connectivity index (χ1n) is 7.24. The van der Waals surface area contributed by atoms with Crippen molar-refractivity contribution < 1.29 is 4.74 Å². The molecule has 1 aliphatic heterocycles. The van der Waals surface area contributed by atoms with Crippen molar-refractivity contribution in [2.75, 3.05) is 7.11 Å². The minimum Gasteiger partial charge on any atom is -0.496 e. The van der Waals surface area contributed by atoms with Gasteiger partial charge in [-0.3, -0.25) is 9.48 Å². The Balaban J connectivity index is 1.99. The Hall–Kier alpha value is -2.01. The molecule has 0 fully saturated rings. The fourth-order valence-corrected chi connectivity index (χ4v) is 3.73. The number of aromatic nitrogens is 2. The third-order valence-electron chi connectivity index (χ3n) is 4.34. The van der Waals surface area contributed by atoms with Crippen LogP contribution in [0.3, 0.4) is 0 Å². The van der Waals surface area contributed by atoms with Crippen LogP contribution in [0.5, 0.6) is 5.75 Å². The van der Waals surface area contributed by atoms with Crippen LogP contribution in [0.1, 0.15) is 18.0 Å². The molecule has 0 saturated heterocycles. The maximum atomic E-state index is 12.6. The highest BCUT2D eigenvalue weighted by Crippen LogP contribution is 2.36. The monoisotopic (exact) mass is 358 g/mol. The molecule has 0 bridgehead atoms. The predicted molar refractivity (Wildman–Crippen MR) is 89.6 cm³/mol. The molecule has 4 nitrogen and oxygen atoms in total. The van der Waals surface area contributed by atoms with Gasteiger partial charge in [0.2, 0.25) is 0 Å². The third kappa shape index (κ3) is 1.85. The van der Waals surface area contributed by atoms with E-state index in [2.05, 4.69) is 26.7 Å². The lowest BCUT2D eigenvalue weighted by Crippen LogP contribution is -2.17. The number of benzene rings is 2. The molecule has 3 aromatic rings. The molecule has 5 heteroatoms. The topological polar surface area (TPSA) is 36.2 Å². The number of ether oxygens (including phenoxy) is 1. The van der Waals surface area contributed by atoms with E-state index in [0.29, 0.717) is 0 Å². The lowest BCUT2D eigenvalue weighted by atomic mass is 10.0. The summed E-state index contributed by atoms with van der Waals surface area (Å²) in [6.45, 7) is 0.730. The fraction of sp³-hybridized carbons (Fsp3) is 0.235. The average molecular weight is 359 g/mol. The second-order valence-corrected chi connectivity index (χ2v) is 6.40. The minimum atomic E-state index is 0.0832. The Kier molecular flexibility index (Phi) is 3.11. The first-order chi connectivity index (χ1) is 10.7. The molecule has 4 rings (SSSR count). The maximum Gasteiger partial charge on any atom is 0.274 e. The van der Waals surface area contributed by atoms with Gasteiger partial charge in [0, 0.05) is 16.6 Å². The van der Waals surface area contributed by atoms with E-state index < -0.39 is 0 Å². The highest BCUT2D eigenvalue weighted by Gasteiger charge is 2.29. The summed E-state index contributed by atoms with van der Waals surface area (Å²) >= 11 is 3.50. The first kappa shape index (κ1) is 13.6. The molecule has 112 valence electrons. The quantitative estimate of drug-likeness (QED) is 0.702. The van der Waals surface area contributed by atoms with Crippen molar-refractivity contribution in [1.82, 2.24) is 9.36 Å². The molecule has 1 aromatic heterocycles. The van der Waals surface area contributed by atoms with Gasteiger partial charge in [0.05, 0.1) is 24.1 Å². The van der Waals surface area contributed by atoms with Crippen LogP contribution in [0.4, 0.5) is 0 Å². The van der Waals surface area contributed by atoms with Crippen LogP contribution in [0.15, 0.2) is 51.7 Å². The highest BCUT2D eigenvalue weighted by molar-refractivity contribution is 9.10. The molecule has 0 saturated carbocycles. The number of halogens is 1. The molecule has 0 aliphatic carbocycles. The summed E-state index contributed by atoms with van der Waals surface area (Å²) in [5.41, 5.74) is 2.17. The van der Waals surface area contributed by atoms with Crippen LogP contribution < -0.4 is 10.3 Å². The summed E-state index contributed by atoms with van der Waals surface area (Å²) in [6.07, 6.45) is 0.901. The first-order valence-corrected chi connectivity index (χ1v) is 8.03. The van der Waals surface area contributed by atoms with Crippen LogP contribution >= 0.6 is 15.9 Å². The van der Waals surface area contributed by atoms with E-state index in [0.717, 1.165) is 39.7 Å². The molecular weight excluding hydrogens is 344 g/mol. The van der Waals surface area contributed by atoms with E-state index in [4.69, 9.17) is 4.74 Å². The zero-order chi connectivity index (χ0) is 15.3. The maximum absolute atomic E-state index is 12.6.